The summed E-state index contributed by atoms with van der Waals surface area (Å²) >= 11 is 0. The molecule has 0 aromatic heterocycles. The number of benzene rings is 1. The maximum absolute atomic E-state index is 10.9. The van der Waals surface area contributed by atoms with E-state index < -0.39 is 0 Å². The van der Waals surface area contributed by atoms with Crippen LogP contribution >= 0.6 is 0 Å². The molecule has 0 spiro atoms. The number of hydrogen-bond acceptors (Lipinski definition) is 3. The van der Waals surface area contributed by atoms with Crippen LogP contribution in [0.5, 0.6) is 0 Å². The molecule has 0 saturated heterocycles. The molecule has 0 radical (unpaired) electrons. The second kappa shape index (κ2) is 4.51. The van der Waals surface area contributed by atoms with Crippen molar-refractivity contribution in [1.82, 2.24) is 0 Å². The van der Waals surface area contributed by atoms with E-state index in [1.165, 1.54) is 12.8 Å². The van der Waals surface area contributed by atoms with Gasteiger partial charge in [0.1, 0.15) is 5.69 Å². The molecule has 0 amide bonds. The molecule has 4 heteroatoms. The molecule has 86 valence electrons. The van der Waals surface area contributed by atoms with Crippen LogP contribution in [0.3, 0.4) is 0 Å². The Labute approximate surface area is 94.8 Å². The molecule has 16 heavy (non-hydrogen) atoms. The van der Waals surface area contributed by atoms with Gasteiger partial charge in [-0.3, -0.25) is 10.1 Å². The number of nitro benzene ring substituents is 1. The van der Waals surface area contributed by atoms with Crippen molar-refractivity contribution < 1.29 is 4.92 Å². The number of nitro groups is 1. The monoisotopic (exact) mass is 220 g/mol. The number of aryl methyl sites for hydroxylation is 1. The molecule has 1 fully saturated rings. The molecule has 1 N–H and O–H groups in total. The molecular weight excluding hydrogens is 204 g/mol. The van der Waals surface area contributed by atoms with Crippen LogP contribution in [0.15, 0.2) is 18.2 Å². The average Bonchev–Trinajstić information content (AvgIpc) is 2.70. The van der Waals surface area contributed by atoms with E-state index in [4.69, 9.17) is 0 Å². The van der Waals surface area contributed by atoms with Gasteiger partial charge >= 0.3 is 0 Å². The van der Waals surface area contributed by atoms with E-state index in [1.807, 2.05) is 13.0 Å². The highest BCUT2D eigenvalue weighted by molar-refractivity contribution is 5.63. The number of nitrogens with one attached hydrogen (secondary N) is 1. The van der Waals surface area contributed by atoms with Gasteiger partial charge in [0, 0.05) is 12.1 Å². The molecule has 0 bridgehead atoms. The second-order valence-electron chi connectivity index (χ2n) is 4.40. The number of rotatable bonds is 3. The first-order valence-electron chi connectivity index (χ1n) is 5.68. The Morgan fingerprint density at radius 2 is 2.06 bits per heavy atom. The lowest BCUT2D eigenvalue weighted by molar-refractivity contribution is -0.384. The van der Waals surface area contributed by atoms with Crippen LogP contribution in [-0.4, -0.2) is 11.0 Å². The molecule has 1 aliphatic rings. The molecule has 0 heterocycles. The van der Waals surface area contributed by atoms with E-state index in [2.05, 4.69) is 5.32 Å². The molecule has 1 aliphatic carbocycles. The summed E-state index contributed by atoms with van der Waals surface area (Å²) in [6, 6.07) is 5.61. The van der Waals surface area contributed by atoms with Crippen molar-refractivity contribution >= 4 is 11.4 Å². The predicted molar refractivity (Wildman–Crippen MR) is 63.7 cm³/mol. The smallest absolute Gasteiger partial charge is 0.292 e. The first-order chi connectivity index (χ1) is 7.66. The zero-order chi connectivity index (χ0) is 11.5. The molecule has 0 unspecified atom stereocenters. The van der Waals surface area contributed by atoms with Gasteiger partial charge in [0.25, 0.3) is 5.69 Å². The lowest BCUT2D eigenvalue weighted by atomic mass is 10.1. The predicted octanol–water partition coefficient (Wildman–Crippen LogP) is 3.26. The molecule has 1 aromatic carbocycles. The summed E-state index contributed by atoms with van der Waals surface area (Å²) in [6.07, 6.45) is 4.67. The van der Waals surface area contributed by atoms with Gasteiger partial charge in [0.05, 0.1) is 4.92 Å². The fraction of sp³-hybridized carbons (Fsp3) is 0.500. The Balaban J connectivity index is 2.22. The molecule has 0 aliphatic heterocycles. The van der Waals surface area contributed by atoms with E-state index in [1.54, 1.807) is 12.1 Å². The van der Waals surface area contributed by atoms with Gasteiger partial charge in [0.2, 0.25) is 0 Å². The van der Waals surface area contributed by atoms with Crippen LogP contribution in [0.4, 0.5) is 11.4 Å². The fourth-order valence-electron chi connectivity index (χ4n) is 2.21. The summed E-state index contributed by atoms with van der Waals surface area (Å²) in [6.45, 7) is 1.95. The topological polar surface area (TPSA) is 55.2 Å². The Bertz CT molecular complexity index is 398. The van der Waals surface area contributed by atoms with Crippen molar-refractivity contribution in [2.45, 2.75) is 38.6 Å². The van der Waals surface area contributed by atoms with Crippen molar-refractivity contribution in [2.75, 3.05) is 5.32 Å². The zero-order valence-electron chi connectivity index (χ0n) is 9.40. The highest BCUT2D eigenvalue weighted by Gasteiger charge is 2.19. The quantitative estimate of drug-likeness (QED) is 0.628. The summed E-state index contributed by atoms with van der Waals surface area (Å²) in [4.78, 5) is 10.5. The minimum atomic E-state index is -0.323. The van der Waals surface area contributed by atoms with E-state index in [9.17, 15) is 10.1 Å². The minimum absolute atomic E-state index is 0.178. The second-order valence-corrected chi connectivity index (χ2v) is 4.40. The van der Waals surface area contributed by atoms with Gasteiger partial charge in [-0.15, -0.1) is 0 Å². The van der Waals surface area contributed by atoms with Crippen molar-refractivity contribution in [2.24, 2.45) is 0 Å². The maximum Gasteiger partial charge on any atom is 0.292 e. The van der Waals surface area contributed by atoms with Crippen LogP contribution in [-0.2, 0) is 0 Å². The third-order valence-corrected chi connectivity index (χ3v) is 3.06. The first-order valence-corrected chi connectivity index (χ1v) is 5.68. The third-order valence-electron chi connectivity index (χ3n) is 3.06. The SMILES string of the molecule is Cc1ccc([N+](=O)[O-])c(NC2CCCC2)c1. The summed E-state index contributed by atoms with van der Waals surface area (Å²) in [7, 11) is 0. The van der Waals surface area contributed by atoms with Crippen LogP contribution in [0, 0.1) is 17.0 Å². The average molecular weight is 220 g/mol. The molecule has 2 rings (SSSR count). The summed E-state index contributed by atoms with van der Waals surface area (Å²) < 4.78 is 0. The van der Waals surface area contributed by atoms with Gasteiger partial charge in [-0.1, -0.05) is 18.9 Å². The van der Waals surface area contributed by atoms with Crippen LogP contribution < -0.4 is 5.32 Å². The first kappa shape index (κ1) is 10.9. The Morgan fingerprint density at radius 3 is 2.69 bits per heavy atom. The van der Waals surface area contributed by atoms with Crippen LogP contribution in [0.1, 0.15) is 31.2 Å². The third kappa shape index (κ3) is 2.32. The standard InChI is InChI=1S/C12H16N2O2/c1-9-6-7-12(14(15)16)11(8-9)13-10-4-2-3-5-10/h6-8,10,13H,2-5H2,1H3. The normalized spacial score (nSPS) is 16.3. The maximum atomic E-state index is 10.9. The molecule has 0 atom stereocenters. The largest absolute Gasteiger partial charge is 0.377 e. The molecular formula is C12H16N2O2. The Hall–Kier alpha value is -1.58. The summed E-state index contributed by atoms with van der Waals surface area (Å²) in [5.74, 6) is 0. The number of nitrogens with zero attached hydrogens (tertiary/aromatic N) is 1. The highest BCUT2D eigenvalue weighted by Crippen LogP contribution is 2.29. The fourth-order valence-corrected chi connectivity index (χ4v) is 2.21. The van der Waals surface area contributed by atoms with E-state index in [-0.39, 0.29) is 10.6 Å². The number of hydrogen-bond donors (Lipinski definition) is 1. The van der Waals surface area contributed by atoms with Crippen LogP contribution in [0.25, 0.3) is 0 Å². The van der Waals surface area contributed by atoms with Crippen molar-refractivity contribution in [3.8, 4) is 0 Å². The van der Waals surface area contributed by atoms with Gasteiger partial charge in [0.15, 0.2) is 0 Å². The highest BCUT2D eigenvalue weighted by atomic mass is 16.6. The van der Waals surface area contributed by atoms with E-state index in [0.717, 1.165) is 18.4 Å². The van der Waals surface area contributed by atoms with Crippen molar-refractivity contribution in [1.29, 1.82) is 0 Å². The van der Waals surface area contributed by atoms with Gasteiger partial charge in [-0.2, -0.15) is 0 Å². The van der Waals surface area contributed by atoms with Gasteiger partial charge in [-0.25, -0.2) is 0 Å². The minimum Gasteiger partial charge on any atom is -0.377 e. The van der Waals surface area contributed by atoms with Gasteiger partial charge < -0.3 is 5.32 Å². The van der Waals surface area contributed by atoms with E-state index >= 15 is 0 Å². The van der Waals surface area contributed by atoms with E-state index in [0.29, 0.717) is 11.7 Å². The van der Waals surface area contributed by atoms with Gasteiger partial charge in [-0.05, 0) is 31.4 Å². The molecule has 4 nitrogen and oxygen atoms in total. The number of anilines is 1. The lowest BCUT2D eigenvalue weighted by Gasteiger charge is -2.13. The van der Waals surface area contributed by atoms with Crippen molar-refractivity contribution in [3.63, 3.8) is 0 Å². The molecule has 1 saturated carbocycles. The molecule has 1 aromatic rings. The Kier molecular flexibility index (Phi) is 3.08. The summed E-state index contributed by atoms with van der Waals surface area (Å²) in [5.41, 5.74) is 1.89. The Morgan fingerprint density at radius 1 is 1.38 bits per heavy atom. The van der Waals surface area contributed by atoms with Crippen molar-refractivity contribution in [3.05, 3.63) is 33.9 Å². The summed E-state index contributed by atoms with van der Waals surface area (Å²) in [5, 5.41) is 14.2. The zero-order valence-corrected chi connectivity index (χ0v) is 9.40. The van der Waals surface area contributed by atoms with Crippen LogP contribution in [0.2, 0.25) is 0 Å². The lowest BCUT2D eigenvalue weighted by Crippen LogP contribution is -2.15.